The molecule has 0 saturated heterocycles. The lowest BCUT2D eigenvalue weighted by molar-refractivity contribution is 1.36. The normalized spacial score (nSPS) is 10.6. The van der Waals surface area contributed by atoms with Gasteiger partial charge in [0.2, 0.25) is 0 Å². The number of benzene rings is 1. The van der Waals surface area contributed by atoms with E-state index in [-0.39, 0.29) is 0 Å². The third-order valence-electron chi connectivity index (χ3n) is 1.96. The molecule has 2 aromatic rings. The maximum absolute atomic E-state index is 6.13. The highest BCUT2D eigenvalue weighted by Gasteiger charge is 2.03. The van der Waals surface area contributed by atoms with Gasteiger partial charge in [0.15, 0.2) is 0 Å². The molecular formula is C11H8ClN. The van der Waals surface area contributed by atoms with Crippen LogP contribution in [-0.4, -0.2) is 4.98 Å². The van der Waals surface area contributed by atoms with Crippen LogP contribution in [0.15, 0.2) is 30.5 Å². The lowest BCUT2D eigenvalue weighted by atomic mass is 10.1. The third kappa shape index (κ3) is 1.40. The smallest absolute Gasteiger partial charge is 0.0717 e. The molecule has 0 atom stereocenters. The van der Waals surface area contributed by atoms with Crippen molar-refractivity contribution in [3.05, 3.63) is 54.4 Å². The van der Waals surface area contributed by atoms with Crippen molar-refractivity contribution in [1.29, 1.82) is 0 Å². The SMILES string of the molecule is [CH2][CH]c1cnc2ccccc2c1Cl. The summed E-state index contributed by atoms with van der Waals surface area (Å²) in [7, 11) is 0. The lowest BCUT2D eigenvalue weighted by Crippen LogP contribution is -1.85. The van der Waals surface area contributed by atoms with Crippen LogP contribution in [0, 0.1) is 13.3 Å². The van der Waals surface area contributed by atoms with E-state index in [2.05, 4.69) is 11.9 Å². The summed E-state index contributed by atoms with van der Waals surface area (Å²) >= 11 is 6.13. The Morgan fingerprint density at radius 1 is 1.31 bits per heavy atom. The van der Waals surface area contributed by atoms with Gasteiger partial charge in [-0.25, -0.2) is 0 Å². The molecule has 1 aromatic carbocycles. The summed E-state index contributed by atoms with van der Waals surface area (Å²) in [6, 6.07) is 7.79. The summed E-state index contributed by atoms with van der Waals surface area (Å²) in [6.07, 6.45) is 3.44. The maximum Gasteiger partial charge on any atom is 0.0717 e. The number of rotatable bonds is 1. The van der Waals surface area contributed by atoms with Gasteiger partial charge in [0.05, 0.1) is 10.5 Å². The van der Waals surface area contributed by atoms with Gasteiger partial charge in [-0.05, 0) is 25.0 Å². The average molecular weight is 190 g/mol. The van der Waals surface area contributed by atoms with Gasteiger partial charge in [-0.1, -0.05) is 29.8 Å². The Morgan fingerprint density at radius 3 is 2.85 bits per heavy atom. The Labute approximate surface area is 82.4 Å². The molecule has 0 N–H and O–H groups in total. The fourth-order valence-electron chi connectivity index (χ4n) is 1.27. The number of hydrogen-bond acceptors (Lipinski definition) is 1. The standard InChI is InChI=1S/C11H8ClN/c1-2-8-7-13-10-6-4-3-5-9(10)11(8)12/h2-7H,1H2. The molecule has 1 aromatic heterocycles. The van der Waals surface area contributed by atoms with Crippen molar-refractivity contribution in [2.45, 2.75) is 0 Å². The second kappa shape index (κ2) is 3.35. The van der Waals surface area contributed by atoms with Crippen LogP contribution in [0.25, 0.3) is 10.9 Å². The van der Waals surface area contributed by atoms with Crippen LogP contribution in [0.2, 0.25) is 5.02 Å². The molecule has 2 rings (SSSR count). The molecule has 0 saturated carbocycles. The van der Waals surface area contributed by atoms with Crippen LogP contribution < -0.4 is 0 Å². The number of hydrogen-bond donors (Lipinski definition) is 0. The van der Waals surface area contributed by atoms with Crippen molar-refractivity contribution in [2.75, 3.05) is 0 Å². The Bertz CT molecular complexity index is 437. The molecule has 0 aliphatic rings. The summed E-state index contributed by atoms with van der Waals surface area (Å²) in [5.41, 5.74) is 1.79. The van der Waals surface area contributed by atoms with Gasteiger partial charge in [0.25, 0.3) is 0 Å². The van der Waals surface area contributed by atoms with E-state index in [4.69, 9.17) is 11.6 Å². The fourth-order valence-corrected chi connectivity index (χ4v) is 1.55. The van der Waals surface area contributed by atoms with Gasteiger partial charge in [0.1, 0.15) is 0 Å². The van der Waals surface area contributed by atoms with Gasteiger partial charge in [-0.3, -0.25) is 4.98 Å². The van der Waals surface area contributed by atoms with Crippen molar-refractivity contribution in [2.24, 2.45) is 0 Å². The quantitative estimate of drug-likeness (QED) is 0.671. The van der Waals surface area contributed by atoms with Gasteiger partial charge in [0, 0.05) is 11.6 Å². The highest BCUT2D eigenvalue weighted by atomic mass is 35.5. The molecule has 1 nitrogen and oxygen atoms in total. The van der Waals surface area contributed by atoms with E-state index in [9.17, 15) is 0 Å². The molecule has 0 spiro atoms. The first-order chi connectivity index (χ1) is 6.33. The molecular weight excluding hydrogens is 182 g/mol. The van der Waals surface area contributed by atoms with E-state index >= 15 is 0 Å². The van der Waals surface area contributed by atoms with E-state index in [1.54, 1.807) is 12.6 Å². The first-order valence-electron chi connectivity index (χ1n) is 3.98. The molecule has 13 heavy (non-hydrogen) atoms. The van der Waals surface area contributed by atoms with E-state index in [1.165, 1.54) is 0 Å². The van der Waals surface area contributed by atoms with Crippen LogP contribution >= 0.6 is 11.6 Å². The van der Waals surface area contributed by atoms with E-state index < -0.39 is 0 Å². The molecule has 2 radical (unpaired) electrons. The topological polar surface area (TPSA) is 12.9 Å². The number of aromatic nitrogens is 1. The van der Waals surface area contributed by atoms with Crippen molar-refractivity contribution in [3.63, 3.8) is 0 Å². The van der Waals surface area contributed by atoms with Crippen LogP contribution in [0.1, 0.15) is 5.56 Å². The predicted molar refractivity (Wildman–Crippen MR) is 55.5 cm³/mol. The highest BCUT2D eigenvalue weighted by Crippen LogP contribution is 2.25. The molecule has 0 bridgehead atoms. The first kappa shape index (κ1) is 8.52. The predicted octanol–water partition coefficient (Wildman–Crippen LogP) is 3.27. The van der Waals surface area contributed by atoms with Crippen molar-refractivity contribution < 1.29 is 0 Å². The minimum Gasteiger partial charge on any atom is -0.256 e. The number of pyridine rings is 1. The van der Waals surface area contributed by atoms with Crippen LogP contribution in [-0.2, 0) is 0 Å². The zero-order valence-electron chi connectivity index (χ0n) is 7.00. The fraction of sp³-hybridized carbons (Fsp3) is 0. The van der Waals surface area contributed by atoms with Gasteiger partial charge >= 0.3 is 0 Å². The minimum absolute atomic E-state index is 0.723. The van der Waals surface area contributed by atoms with Crippen molar-refractivity contribution in [3.8, 4) is 0 Å². The van der Waals surface area contributed by atoms with E-state index in [0.29, 0.717) is 0 Å². The molecule has 0 amide bonds. The van der Waals surface area contributed by atoms with Crippen LogP contribution in [0.4, 0.5) is 0 Å². The number of fused-ring (bicyclic) bond motifs is 1. The van der Waals surface area contributed by atoms with Gasteiger partial charge in [-0.2, -0.15) is 0 Å². The zero-order chi connectivity index (χ0) is 9.26. The summed E-state index contributed by atoms with van der Waals surface area (Å²) in [5, 5.41) is 1.70. The van der Waals surface area contributed by atoms with E-state index in [0.717, 1.165) is 21.5 Å². The summed E-state index contributed by atoms with van der Waals surface area (Å²) in [6.45, 7) is 3.67. The molecule has 0 aliphatic carbocycles. The third-order valence-corrected chi connectivity index (χ3v) is 2.38. The molecule has 1 heterocycles. The van der Waals surface area contributed by atoms with Gasteiger partial charge in [-0.15, -0.1) is 0 Å². The number of nitrogens with zero attached hydrogens (tertiary/aromatic N) is 1. The summed E-state index contributed by atoms with van der Waals surface area (Å²) in [5.74, 6) is 0. The minimum atomic E-state index is 0.723. The Kier molecular flexibility index (Phi) is 2.19. The Hall–Kier alpha value is -1.08. The summed E-state index contributed by atoms with van der Waals surface area (Å²) < 4.78 is 0. The molecule has 64 valence electrons. The molecule has 2 heteroatoms. The highest BCUT2D eigenvalue weighted by molar-refractivity contribution is 6.36. The largest absolute Gasteiger partial charge is 0.256 e. The molecule has 0 unspecified atom stereocenters. The maximum atomic E-state index is 6.13. The molecule has 0 fully saturated rings. The lowest BCUT2D eigenvalue weighted by Gasteiger charge is -2.03. The van der Waals surface area contributed by atoms with Crippen LogP contribution in [0.5, 0.6) is 0 Å². The number of para-hydroxylation sites is 1. The zero-order valence-corrected chi connectivity index (χ0v) is 7.75. The van der Waals surface area contributed by atoms with Crippen molar-refractivity contribution >= 4 is 22.5 Å². The second-order valence-electron chi connectivity index (χ2n) is 2.75. The van der Waals surface area contributed by atoms with Gasteiger partial charge < -0.3 is 0 Å². The Morgan fingerprint density at radius 2 is 2.08 bits per heavy atom. The monoisotopic (exact) mass is 189 g/mol. The number of halogens is 1. The van der Waals surface area contributed by atoms with Crippen LogP contribution in [0.3, 0.4) is 0 Å². The van der Waals surface area contributed by atoms with Crippen molar-refractivity contribution in [1.82, 2.24) is 4.98 Å². The van der Waals surface area contributed by atoms with E-state index in [1.807, 2.05) is 24.3 Å². The Balaban J connectivity index is 2.79. The summed E-state index contributed by atoms with van der Waals surface area (Å²) in [4.78, 5) is 4.26. The first-order valence-corrected chi connectivity index (χ1v) is 4.36. The second-order valence-corrected chi connectivity index (χ2v) is 3.13. The average Bonchev–Trinajstić information content (AvgIpc) is 2.19. The molecule has 0 aliphatic heterocycles.